The lowest BCUT2D eigenvalue weighted by atomic mass is 10.2. The Morgan fingerprint density at radius 3 is 2.50 bits per heavy atom. The number of nitrogens with zero attached hydrogens (tertiary/aromatic N) is 1. The number of rotatable bonds is 2. The topological polar surface area (TPSA) is 29.3 Å². The molecule has 1 aromatic carbocycles. The number of hydrogen-bond acceptors (Lipinski definition) is 3. The average molecular weight is 182 g/mol. The Bertz CT molecular complexity index is 271. The third kappa shape index (κ3) is 2.43. The second kappa shape index (κ2) is 3.83. The largest absolute Gasteiger partial charge is 0.399 e. The number of nitrogens with two attached hydrogens (primary N) is 1. The Labute approximate surface area is 77.9 Å². The van der Waals surface area contributed by atoms with Gasteiger partial charge in [-0.15, -0.1) is 0 Å². The molecule has 0 aromatic heterocycles. The van der Waals surface area contributed by atoms with Crippen molar-refractivity contribution in [2.75, 3.05) is 19.8 Å². The van der Waals surface area contributed by atoms with E-state index >= 15 is 0 Å². The van der Waals surface area contributed by atoms with Crippen molar-refractivity contribution >= 4 is 17.6 Å². The third-order valence-corrected chi connectivity index (χ3v) is 2.50. The van der Waals surface area contributed by atoms with E-state index in [1.54, 1.807) is 11.9 Å². The monoisotopic (exact) mass is 182 g/mol. The van der Waals surface area contributed by atoms with Crippen LogP contribution in [0.25, 0.3) is 0 Å². The maximum Gasteiger partial charge on any atom is 0.0317 e. The predicted octanol–water partition coefficient (Wildman–Crippen LogP) is 2.15. The molecule has 0 saturated heterocycles. The Balaban J connectivity index is 2.86. The summed E-state index contributed by atoms with van der Waals surface area (Å²) < 4.78 is 2.07. The molecule has 12 heavy (non-hydrogen) atoms. The van der Waals surface area contributed by atoms with Crippen molar-refractivity contribution in [3.8, 4) is 0 Å². The quantitative estimate of drug-likeness (QED) is 0.561. The number of hydrogen-bond donors (Lipinski definition) is 1. The summed E-state index contributed by atoms with van der Waals surface area (Å²) in [6.07, 6.45) is 0. The van der Waals surface area contributed by atoms with Crippen molar-refractivity contribution in [2.24, 2.45) is 0 Å². The summed E-state index contributed by atoms with van der Waals surface area (Å²) in [5.41, 5.74) is 7.69. The van der Waals surface area contributed by atoms with E-state index in [4.69, 9.17) is 5.73 Å². The molecule has 0 atom stereocenters. The summed E-state index contributed by atoms with van der Waals surface area (Å²) >= 11 is 1.71. The highest BCUT2D eigenvalue weighted by Gasteiger charge is 2.00. The average Bonchev–Trinajstić information content (AvgIpc) is 1.94. The molecule has 0 aliphatic carbocycles. The van der Waals surface area contributed by atoms with E-state index in [2.05, 4.69) is 17.3 Å². The first-order valence-electron chi connectivity index (χ1n) is 3.81. The minimum absolute atomic E-state index is 0.829. The third-order valence-electron chi connectivity index (χ3n) is 1.48. The standard InChI is InChI=1S/C9H14N2S/c1-7-6-8(10)4-5-9(7)12-11(2)3/h4-6H,10H2,1-3H3. The molecule has 2 nitrogen and oxygen atoms in total. The van der Waals surface area contributed by atoms with E-state index < -0.39 is 0 Å². The highest BCUT2D eigenvalue weighted by atomic mass is 32.2. The summed E-state index contributed by atoms with van der Waals surface area (Å²) in [6, 6.07) is 5.97. The zero-order chi connectivity index (χ0) is 9.14. The van der Waals surface area contributed by atoms with Crippen molar-refractivity contribution < 1.29 is 0 Å². The van der Waals surface area contributed by atoms with Crippen LogP contribution in [0.15, 0.2) is 23.1 Å². The van der Waals surface area contributed by atoms with Gasteiger partial charge in [0.25, 0.3) is 0 Å². The van der Waals surface area contributed by atoms with E-state index in [0.29, 0.717) is 0 Å². The SMILES string of the molecule is Cc1cc(N)ccc1SN(C)C. The second-order valence-electron chi connectivity index (χ2n) is 2.93. The number of anilines is 1. The van der Waals surface area contributed by atoms with E-state index in [1.165, 1.54) is 10.5 Å². The fourth-order valence-electron chi connectivity index (χ4n) is 0.972. The second-order valence-corrected chi connectivity index (χ2v) is 4.28. The minimum Gasteiger partial charge on any atom is -0.399 e. The zero-order valence-electron chi connectivity index (χ0n) is 7.66. The predicted molar refractivity (Wildman–Crippen MR) is 55.1 cm³/mol. The molecule has 66 valence electrons. The van der Waals surface area contributed by atoms with Crippen molar-refractivity contribution in [3.05, 3.63) is 23.8 Å². The lowest BCUT2D eigenvalue weighted by molar-refractivity contribution is 0.702. The Kier molecular flexibility index (Phi) is 3.00. The molecule has 2 N–H and O–H groups in total. The van der Waals surface area contributed by atoms with Crippen LogP contribution in [0.2, 0.25) is 0 Å². The Hall–Kier alpha value is -0.670. The van der Waals surface area contributed by atoms with Crippen molar-refractivity contribution in [3.63, 3.8) is 0 Å². The summed E-state index contributed by atoms with van der Waals surface area (Å²) in [5, 5.41) is 0. The van der Waals surface area contributed by atoms with Gasteiger partial charge in [0.05, 0.1) is 0 Å². The van der Waals surface area contributed by atoms with E-state index in [9.17, 15) is 0 Å². The normalized spacial score (nSPS) is 10.7. The molecule has 0 fully saturated rings. The molecule has 0 aliphatic heterocycles. The van der Waals surface area contributed by atoms with E-state index in [-0.39, 0.29) is 0 Å². The molecular formula is C9H14N2S. The van der Waals surface area contributed by atoms with E-state index in [1.807, 2.05) is 26.2 Å². The highest BCUT2D eigenvalue weighted by molar-refractivity contribution is 7.97. The lowest BCUT2D eigenvalue weighted by Crippen LogP contribution is -1.99. The maximum atomic E-state index is 5.64. The number of nitrogen functional groups attached to an aromatic ring is 1. The molecule has 0 aliphatic rings. The smallest absolute Gasteiger partial charge is 0.0317 e. The fraction of sp³-hybridized carbons (Fsp3) is 0.333. The summed E-state index contributed by atoms with van der Waals surface area (Å²) in [4.78, 5) is 1.26. The molecule has 0 radical (unpaired) electrons. The molecule has 1 rings (SSSR count). The first kappa shape index (κ1) is 9.42. The Morgan fingerprint density at radius 1 is 1.33 bits per heavy atom. The van der Waals surface area contributed by atoms with Crippen LogP contribution in [-0.2, 0) is 0 Å². The van der Waals surface area contributed by atoms with Crippen LogP contribution >= 0.6 is 11.9 Å². The molecule has 0 saturated carbocycles. The summed E-state index contributed by atoms with van der Waals surface area (Å²) in [6.45, 7) is 2.07. The van der Waals surface area contributed by atoms with Crippen LogP contribution in [0, 0.1) is 6.92 Å². The summed E-state index contributed by atoms with van der Waals surface area (Å²) in [7, 11) is 4.06. The van der Waals surface area contributed by atoms with Crippen molar-refractivity contribution in [2.45, 2.75) is 11.8 Å². The number of benzene rings is 1. The maximum absolute atomic E-state index is 5.64. The number of aryl methyl sites for hydroxylation is 1. The van der Waals surface area contributed by atoms with Gasteiger partial charge in [-0.1, -0.05) is 0 Å². The fourth-order valence-corrected chi connectivity index (χ4v) is 1.70. The molecule has 0 bridgehead atoms. The van der Waals surface area contributed by atoms with Gasteiger partial charge in [-0.25, -0.2) is 0 Å². The van der Waals surface area contributed by atoms with Gasteiger partial charge in [-0.3, -0.25) is 4.31 Å². The van der Waals surface area contributed by atoms with Crippen LogP contribution in [0.4, 0.5) is 5.69 Å². The van der Waals surface area contributed by atoms with Crippen LogP contribution in [0.3, 0.4) is 0 Å². The molecule has 1 aromatic rings. The van der Waals surface area contributed by atoms with Crippen LogP contribution < -0.4 is 5.73 Å². The summed E-state index contributed by atoms with van der Waals surface area (Å²) in [5.74, 6) is 0. The van der Waals surface area contributed by atoms with Gasteiger partial charge in [-0.2, -0.15) is 0 Å². The van der Waals surface area contributed by atoms with Gasteiger partial charge < -0.3 is 5.73 Å². The van der Waals surface area contributed by atoms with Gasteiger partial charge >= 0.3 is 0 Å². The van der Waals surface area contributed by atoms with Gasteiger partial charge in [0.2, 0.25) is 0 Å². The van der Waals surface area contributed by atoms with Crippen LogP contribution in [0.5, 0.6) is 0 Å². The van der Waals surface area contributed by atoms with Crippen LogP contribution in [0.1, 0.15) is 5.56 Å². The first-order chi connectivity index (χ1) is 5.59. The molecule has 3 heteroatoms. The molecule has 0 heterocycles. The molecule has 0 amide bonds. The van der Waals surface area contributed by atoms with Gasteiger partial charge in [-0.05, 0) is 56.7 Å². The lowest BCUT2D eigenvalue weighted by Gasteiger charge is -2.10. The van der Waals surface area contributed by atoms with Crippen molar-refractivity contribution in [1.29, 1.82) is 0 Å². The van der Waals surface area contributed by atoms with Gasteiger partial charge in [0, 0.05) is 10.6 Å². The molecule has 0 unspecified atom stereocenters. The van der Waals surface area contributed by atoms with Crippen molar-refractivity contribution in [1.82, 2.24) is 4.31 Å². The van der Waals surface area contributed by atoms with Crippen LogP contribution in [-0.4, -0.2) is 18.4 Å². The van der Waals surface area contributed by atoms with E-state index in [0.717, 1.165) is 5.69 Å². The first-order valence-corrected chi connectivity index (χ1v) is 4.58. The zero-order valence-corrected chi connectivity index (χ0v) is 8.48. The Morgan fingerprint density at radius 2 is 2.00 bits per heavy atom. The highest BCUT2D eigenvalue weighted by Crippen LogP contribution is 2.24. The molecule has 0 spiro atoms. The van der Waals surface area contributed by atoms with Gasteiger partial charge in [0.1, 0.15) is 0 Å². The molecular weight excluding hydrogens is 168 g/mol. The minimum atomic E-state index is 0.829. The van der Waals surface area contributed by atoms with Gasteiger partial charge in [0.15, 0.2) is 0 Å².